The van der Waals surface area contributed by atoms with Gasteiger partial charge in [0.05, 0.1) is 4.22 Å². The third-order valence-corrected chi connectivity index (χ3v) is 9.04. The van der Waals surface area contributed by atoms with Gasteiger partial charge in [-0.15, -0.1) is 0 Å². The van der Waals surface area contributed by atoms with Gasteiger partial charge in [-0.05, 0) is 39.2 Å². The molecule has 1 unspecified atom stereocenters. The van der Waals surface area contributed by atoms with E-state index in [2.05, 4.69) is 15.9 Å². The van der Waals surface area contributed by atoms with Crippen molar-refractivity contribution in [3.8, 4) is 5.75 Å². The van der Waals surface area contributed by atoms with E-state index in [0.717, 1.165) is 27.3 Å². The van der Waals surface area contributed by atoms with Crippen molar-refractivity contribution in [3.63, 3.8) is 0 Å². The Balaban J connectivity index is 2.03. The summed E-state index contributed by atoms with van der Waals surface area (Å²) < 4.78 is 14.8. The number of phenolic OH excluding ortho intramolecular Hbond substituents is 1. The van der Waals surface area contributed by atoms with E-state index in [1.807, 2.05) is 66.7 Å². The molecule has 118 valence electrons. The molecule has 0 radical (unpaired) electrons. The monoisotopic (exact) mass is 396 g/mol. The summed E-state index contributed by atoms with van der Waals surface area (Å²) in [4.78, 5) is 0. The zero-order chi connectivity index (χ0) is 16.7. The Kier molecular flexibility index (Phi) is 3.71. The van der Waals surface area contributed by atoms with Gasteiger partial charge in [0.2, 0.25) is 0 Å². The summed E-state index contributed by atoms with van der Waals surface area (Å²) in [5.41, 5.74) is 2.83. The Bertz CT molecular complexity index is 992. The Morgan fingerprint density at radius 3 is 2.12 bits per heavy atom. The molecule has 0 fully saturated rings. The van der Waals surface area contributed by atoms with E-state index in [1.165, 1.54) is 0 Å². The molecule has 0 saturated heterocycles. The van der Waals surface area contributed by atoms with E-state index in [1.54, 1.807) is 12.1 Å². The lowest BCUT2D eigenvalue weighted by Crippen LogP contribution is -2.14. The second kappa shape index (κ2) is 5.77. The highest BCUT2D eigenvalue weighted by Gasteiger charge is 2.41. The van der Waals surface area contributed by atoms with Crippen LogP contribution in [0.4, 0.5) is 0 Å². The number of fused-ring (bicyclic) bond motifs is 1. The summed E-state index contributed by atoms with van der Waals surface area (Å²) in [7, 11) is -2.90. The van der Waals surface area contributed by atoms with Crippen LogP contribution in [-0.2, 0) is 4.57 Å². The molecule has 0 spiro atoms. The van der Waals surface area contributed by atoms with Crippen LogP contribution in [0.15, 0.2) is 83.1 Å². The summed E-state index contributed by atoms with van der Waals surface area (Å²) in [6, 6.07) is 24.4. The maximum absolute atomic E-state index is 14.1. The van der Waals surface area contributed by atoms with Gasteiger partial charge < -0.3 is 9.67 Å². The molecule has 4 heteroatoms. The molecular formula is C20H14BrO2P. The minimum Gasteiger partial charge on any atom is -0.508 e. The first-order chi connectivity index (χ1) is 11.6. The molecule has 3 aromatic carbocycles. The van der Waals surface area contributed by atoms with Crippen molar-refractivity contribution < 1.29 is 9.67 Å². The third kappa shape index (κ3) is 2.20. The average molecular weight is 397 g/mol. The van der Waals surface area contributed by atoms with E-state index >= 15 is 0 Å². The minimum absolute atomic E-state index is 0.216. The van der Waals surface area contributed by atoms with Crippen LogP contribution in [-0.4, -0.2) is 5.11 Å². The fraction of sp³-hybridized carbons (Fsp3) is 0. The average Bonchev–Trinajstić information content (AvgIpc) is 2.86. The lowest BCUT2D eigenvalue weighted by Gasteiger charge is -2.14. The van der Waals surface area contributed by atoms with Crippen LogP contribution in [0.1, 0.15) is 11.1 Å². The number of phenols is 1. The van der Waals surface area contributed by atoms with Crippen molar-refractivity contribution in [2.24, 2.45) is 0 Å². The van der Waals surface area contributed by atoms with Crippen LogP contribution in [0.2, 0.25) is 0 Å². The predicted molar refractivity (Wildman–Crippen MR) is 103 cm³/mol. The summed E-state index contributed by atoms with van der Waals surface area (Å²) in [5, 5.41) is 11.2. The van der Waals surface area contributed by atoms with Crippen molar-refractivity contribution in [1.29, 1.82) is 0 Å². The fourth-order valence-electron chi connectivity index (χ4n) is 3.13. The number of benzene rings is 3. The smallest absolute Gasteiger partial charge is 0.178 e. The van der Waals surface area contributed by atoms with Crippen molar-refractivity contribution in [2.75, 3.05) is 0 Å². The van der Waals surface area contributed by atoms with Gasteiger partial charge in [-0.1, -0.05) is 66.7 Å². The highest BCUT2D eigenvalue weighted by atomic mass is 79.9. The highest BCUT2D eigenvalue weighted by molar-refractivity contribution is 9.13. The molecule has 4 rings (SSSR count). The summed E-state index contributed by atoms with van der Waals surface area (Å²) in [6.45, 7) is 0. The van der Waals surface area contributed by atoms with Crippen LogP contribution < -0.4 is 10.6 Å². The largest absolute Gasteiger partial charge is 0.508 e. The molecule has 0 amide bonds. The van der Waals surface area contributed by atoms with Crippen LogP contribution in [0.25, 0.3) is 5.57 Å². The SMILES string of the molecule is O=P1(c2ccccc2)C(Br)=C(c2ccc(O)cc2)c2ccccc21. The standard InChI is InChI=1S/C20H14BrO2P/c21-20-19(14-10-12-15(22)13-11-14)17-8-4-5-9-18(17)24(20,23)16-6-2-1-3-7-16/h1-13,22H. The molecule has 24 heavy (non-hydrogen) atoms. The lowest BCUT2D eigenvalue weighted by molar-refractivity contribution is 0.475. The lowest BCUT2D eigenvalue weighted by atomic mass is 10.00. The van der Waals surface area contributed by atoms with Gasteiger partial charge in [-0.2, -0.15) is 0 Å². The van der Waals surface area contributed by atoms with Crippen molar-refractivity contribution >= 4 is 39.3 Å². The Labute approximate surface area is 149 Å². The number of rotatable bonds is 2. The second-order valence-corrected chi connectivity index (χ2v) is 9.74. The second-order valence-electron chi connectivity index (χ2n) is 5.67. The van der Waals surface area contributed by atoms with Crippen molar-refractivity contribution in [2.45, 2.75) is 0 Å². The van der Waals surface area contributed by atoms with E-state index in [9.17, 15) is 9.67 Å². The number of hydrogen-bond donors (Lipinski definition) is 1. The number of halogens is 1. The fourth-order valence-corrected chi connectivity index (χ4v) is 7.45. The first-order valence-corrected chi connectivity index (χ1v) is 10.1. The number of aromatic hydroxyl groups is 1. The topological polar surface area (TPSA) is 37.3 Å². The molecule has 1 aliphatic rings. The number of hydrogen-bond acceptors (Lipinski definition) is 2. The van der Waals surface area contributed by atoms with Crippen LogP contribution in [0, 0.1) is 0 Å². The quantitative estimate of drug-likeness (QED) is 0.629. The normalized spacial score (nSPS) is 19.4. The van der Waals surface area contributed by atoms with E-state index in [0.29, 0.717) is 4.22 Å². The molecule has 1 aliphatic heterocycles. The molecule has 0 aromatic heterocycles. The summed E-state index contributed by atoms with van der Waals surface area (Å²) >= 11 is 3.65. The predicted octanol–water partition coefficient (Wildman–Crippen LogP) is 4.83. The van der Waals surface area contributed by atoms with Crippen LogP contribution in [0.3, 0.4) is 0 Å². The van der Waals surface area contributed by atoms with Gasteiger partial charge in [-0.3, -0.25) is 0 Å². The molecule has 3 aromatic rings. The Hall–Kier alpha value is -2.09. The molecule has 1 atom stereocenters. The van der Waals surface area contributed by atoms with E-state index < -0.39 is 7.14 Å². The molecule has 0 aliphatic carbocycles. The molecular weight excluding hydrogens is 383 g/mol. The third-order valence-electron chi connectivity index (χ3n) is 4.27. The van der Waals surface area contributed by atoms with Gasteiger partial charge in [0, 0.05) is 16.2 Å². The Morgan fingerprint density at radius 1 is 0.792 bits per heavy atom. The zero-order valence-electron chi connectivity index (χ0n) is 12.7. The van der Waals surface area contributed by atoms with Gasteiger partial charge in [-0.25, -0.2) is 0 Å². The van der Waals surface area contributed by atoms with Crippen LogP contribution >= 0.6 is 23.1 Å². The van der Waals surface area contributed by atoms with Crippen LogP contribution in [0.5, 0.6) is 5.75 Å². The van der Waals surface area contributed by atoms with Gasteiger partial charge in [0.1, 0.15) is 5.75 Å². The summed E-state index contributed by atoms with van der Waals surface area (Å²) in [5.74, 6) is 0.216. The van der Waals surface area contributed by atoms with E-state index in [-0.39, 0.29) is 5.75 Å². The van der Waals surface area contributed by atoms with Gasteiger partial charge in [0.15, 0.2) is 7.14 Å². The molecule has 0 bridgehead atoms. The maximum Gasteiger partial charge on any atom is 0.178 e. The Morgan fingerprint density at radius 2 is 1.42 bits per heavy atom. The molecule has 0 saturated carbocycles. The highest BCUT2D eigenvalue weighted by Crippen LogP contribution is 2.63. The first kappa shape index (κ1) is 15.4. The summed E-state index contributed by atoms with van der Waals surface area (Å²) in [6.07, 6.45) is 0. The molecule has 1 heterocycles. The maximum atomic E-state index is 14.1. The van der Waals surface area contributed by atoms with E-state index in [4.69, 9.17) is 0 Å². The zero-order valence-corrected chi connectivity index (χ0v) is 15.2. The van der Waals surface area contributed by atoms with Crippen molar-refractivity contribution in [3.05, 3.63) is 94.2 Å². The van der Waals surface area contributed by atoms with Gasteiger partial charge in [0.25, 0.3) is 0 Å². The molecule has 1 N–H and O–H groups in total. The van der Waals surface area contributed by atoms with Gasteiger partial charge >= 0.3 is 0 Å². The first-order valence-electron chi connectivity index (χ1n) is 7.58. The minimum atomic E-state index is -2.90. The molecule has 2 nitrogen and oxygen atoms in total. The van der Waals surface area contributed by atoms with Crippen molar-refractivity contribution in [1.82, 2.24) is 0 Å².